The first kappa shape index (κ1) is 15.7. The highest BCUT2D eigenvalue weighted by Crippen LogP contribution is 2.23. The summed E-state index contributed by atoms with van der Waals surface area (Å²) in [4.78, 5) is 16.3. The number of hydrogen-bond donors (Lipinski definition) is 2. The lowest BCUT2D eigenvalue weighted by Gasteiger charge is -2.08. The first-order chi connectivity index (χ1) is 10.6. The lowest BCUT2D eigenvalue weighted by molar-refractivity contribution is 0.0996. The van der Waals surface area contributed by atoms with Gasteiger partial charge in [0.15, 0.2) is 17.1 Å². The van der Waals surface area contributed by atoms with Crippen LogP contribution in [0.2, 0.25) is 0 Å². The molecule has 0 spiro atoms. The number of rotatable bonds is 3. The van der Waals surface area contributed by atoms with Gasteiger partial charge in [0.05, 0.1) is 12.0 Å². The molecule has 1 heterocycles. The molecule has 2 N–H and O–H groups in total. The molecule has 0 saturated carbocycles. The molecule has 0 fully saturated rings. The molecule has 1 aromatic heterocycles. The largest absolute Gasteiger partial charge is 0.459 e. The van der Waals surface area contributed by atoms with E-state index in [-0.39, 0.29) is 11.7 Å². The molecule has 1 aromatic carbocycles. The third kappa shape index (κ3) is 3.90. The van der Waals surface area contributed by atoms with E-state index >= 15 is 0 Å². The van der Waals surface area contributed by atoms with Crippen molar-refractivity contribution in [3.8, 4) is 6.19 Å². The first-order valence-electron chi connectivity index (χ1n) is 6.37. The number of carbonyl (C=O) groups excluding carboxylic acids is 1. The topological polar surface area (TPSA) is 90.4 Å². The number of aliphatic imine (C=N–C) groups is 1. The van der Waals surface area contributed by atoms with Crippen LogP contribution in [0.1, 0.15) is 16.1 Å². The molecule has 0 unspecified atom stereocenters. The summed E-state index contributed by atoms with van der Waals surface area (Å²) in [5, 5.41) is 14.4. The molecule has 6 nitrogen and oxygen atoms in total. The van der Waals surface area contributed by atoms with E-state index in [0.29, 0.717) is 16.5 Å². The van der Waals surface area contributed by atoms with Crippen LogP contribution in [-0.4, -0.2) is 17.3 Å². The third-order valence-electron chi connectivity index (χ3n) is 2.79. The van der Waals surface area contributed by atoms with Crippen molar-refractivity contribution in [1.82, 2.24) is 5.32 Å². The standard InChI is InChI=1S/C15H14N4O2S/c1-10-8-11(18-15(22-2)17-9-16)5-6-12(10)19-14(20)13-4-3-7-21-13/h3-8H,1-2H3,(H,17,18)(H,19,20). The van der Waals surface area contributed by atoms with Crippen LogP contribution in [-0.2, 0) is 0 Å². The van der Waals surface area contributed by atoms with Gasteiger partial charge in [-0.1, -0.05) is 11.8 Å². The number of nitrogens with one attached hydrogen (secondary N) is 2. The van der Waals surface area contributed by atoms with Crippen molar-refractivity contribution in [2.45, 2.75) is 6.92 Å². The van der Waals surface area contributed by atoms with E-state index in [1.165, 1.54) is 18.0 Å². The van der Waals surface area contributed by atoms with Crippen LogP contribution in [0.4, 0.5) is 11.4 Å². The van der Waals surface area contributed by atoms with Gasteiger partial charge < -0.3 is 9.73 Å². The monoisotopic (exact) mass is 314 g/mol. The van der Waals surface area contributed by atoms with Crippen molar-refractivity contribution < 1.29 is 9.21 Å². The Morgan fingerprint density at radius 3 is 2.82 bits per heavy atom. The second-order valence-corrected chi connectivity index (χ2v) is 5.08. The van der Waals surface area contributed by atoms with E-state index in [2.05, 4.69) is 15.6 Å². The summed E-state index contributed by atoms with van der Waals surface area (Å²) in [6.45, 7) is 1.87. The second-order valence-electron chi connectivity index (χ2n) is 4.29. The third-order valence-corrected chi connectivity index (χ3v) is 3.37. The fourth-order valence-electron chi connectivity index (χ4n) is 1.74. The van der Waals surface area contributed by atoms with Crippen molar-refractivity contribution in [2.75, 3.05) is 11.6 Å². The van der Waals surface area contributed by atoms with E-state index in [9.17, 15) is 4.79 Å². The Morgan fingerprint density at radius 2 is 2.23 bits per heavy atom. The van der Waals surface area contributed by atoms with Crippen molar-refractivity contribution in [3.05, 3.63) is 47.9 Å². The molecule has 7 heteroatoms. The average Bonchev–Trinajstić information content (AvgIpc) is 3.04. The maximum absolute atomic E-state index is 11.9. The number of nitrogens with zero attached hydrogens (tertiary/aromatic N) is 2. The highest BCUT2D eigenvalue weighted by molar-refractivity contribution is 8.13. The minimum absolute atomic E-state index is 0.254. The number of amides is 1. The van der Waals surface area contributed by atoms with Gasteiger partial charge in [-0.05, 0) is 49.1 Å². The van der Waals surface area contributed by atoms with Gasteiger partial charge in [0.1, 0.15) is 0 Å². The molecule has 0 aliphatic carbocycles. The summed E-state index contributed by atoms with van der Waals surface area (Å²) in [6.07, 6.45) is 5.12. The molecule has 0 saturated heterocycles. The molecule has 0 atom stereocenters. The van der Waals surface area contributed by atoms with E-state index < -0.39 is 0 Å². The highest BCUT2D eigenvalue weighted by atomic mass is 32.2. The molecule has 1 amide bonds. The summed E-state index contributed by atoms with van der Waals surface area (Å²) in [5.41, 5.74) is 2.23. The Bertz CT molecular complexity index is 732. The zero-order valence-corrected chi connectivity index (χ0v) is 12.9. The van der Waals surface area contributed by atoms with Crippen LogP contribution in [0.15, 0.2) is 46.0 Å². The zero-order chi connectivity index (χ0) is 15.9. The van der Waals surface area contributed by atoms with Gasteiger partial charge in [-0.3, -0.25) is 10.1 Å². The maximum Gasteiger partial charge on any atom is 0.291 e. The highest BCUT2D eigenvalue weighted by Gasteiger charge is 2.10. The lowest BCUT2D eigenvalue weighted by Crippen LogP contribution is -2.13. The molecule has 2 rings (SSSR count). The van der Waals surface area contributed by atoms with Crippen LogP contribution >= 0.6 is 11.8 Å². The quantitative estimate of drug-likeness (QED) is 0.393. The Balaban J connectivity index is 2.16. The van der Waals surface area contributed by atoms with E-state index in [1.54, 1.807) is 24.3 Å². The number of carbonyl (C=O) groups is 1. The van der Waals surface area contributed by atoms with Crippen LogP contribution in [0, 0.1) is 18.4 Å². The molecular weight excluding hydrogens is 300 g/mol. The molecule has 0 aliphatic rings. The van der Waals surface area contributed by atoms with Gasteiger partial charge in [-0.15, -0.1) is 0 Å². The summed E-state index contributed by atoms with van der Waals surface area (Å²) < 4.78 is 5.05. The molecular formula is C15H14N4O2S. The van der Waals surface area contributed by atoms with E-state index in [1.807, 2.05) is 25.4 Å². The van der Waals surface area contributed by atoms with Gasteiger partial charge in [0.2, 0.25) is 0 Å². The van der Waals surface area contributed by atoms with Crippen molar-refractivity contribution in [2.24, 2.45) is 4.99 Å². The molecule has 112 valence electrons. The van der Waals surface area contributed by atoms with Gasteiger partial charge in [-0.2, -0.15) is 5.26 Å². The Hall–Kier alpha value is -2.72. The summed E-state index contributed by atoms with van der Waals surface area (Å²) in [6, 6.07) is 8.61. The van der Waals surface area contributed by atoms with Gasteiger partial charge in [0.25, 0.3) is 5.91 Å². The Kier molecular flexibility index (Phi) is 5.22. The summed E-state index contributed by atoms with van der Waals surface area (Å²) >= 11 is 1.34. The lowest BCUT2D eigenvalue weighted by atomic mass is 10.1. The van der Waals surface area contributed by atoms with Gasteiger partial charge in [-0.25, -0.2) is 4.99 Å². The SMILES string of the molecule is CSC(=Nc1ccc(NC(=O)c2ccco2)c(C)c1)NC#N. The van der Waals surface area contributed by atoms with Crippen molar-refractivity contribution in [3.63, 3.8) is 0 Å². The van der Waals surface area contributed by atoms with E-state index in [4.69, 9.17) is 9.68 Å². The first-order valence-corrected chi connectivity index (χ1v) is 7.60. The Morgan fingerprint density at radius 1 is 1.41 bits per heavy atom. The molecule has 22 heavy (non-hydrogen) atoms. The number of amidine groups is 1. The number of aryl methyl sites for hydroxylation is 1. The molecule has 0 aliphatic heterocycles. The fourth-order valence-corrected chi connectivity index (χ4v) is 2.08. The maximum atomic E-state index is 11.9. The minimum atomic E-state index is -0.305. The smallest absolute Gasteiger partial charge is 0.291 e. The fraction of sp³-hybridized carbons (Fsp3) is 0.133. The van der Waals surface area contributed by atoms with Crippen molar-refractivity contribution in [1.29, 1.82) is 5.26 Å². The molecule has 0 bridgehead atoms. The number of thioether (sulfide) groups is 1. The van der Waals surface area contributed by atoms with Crippen LogP contribution in [0.5, 0.6) is 0 Å². The predicted molar refractivity (Wildman–Crippen MR) is 87.2 cm³/mol. The van der Waals surface area contributed by atoms with Crippen LogP contribution in [0.25, 0.3) is 0 Å². The summed E-state index contributed by atoms with van der Waals surface area (Å²) in [5.74, 6) is -0.0512. The summed E-state index contributed by atoms with van der Waals surface area (Å²) in [7, 11) is 0. The number of benzene rings is 1. The predicted octanol–water partition coefficient (Wildman–Crippen LogP) is 3.26. The van der Waals surface area contributed by atoms with Gasteiger partial charge >= 0.3 is 0 Å². The molecule has 0 radical (unpaired) electrons. The second kappa shape index (κ2) is 7.33. The zero-order valence-electron chi connectivity index (χ0n) is 12.1. The minimum Gasteiger partial charge on any atom is -0.459 e. The number of anilines is 1. The Labute approximate surface area is 132 Å². The molecule has 2 aromatic rings. The van der Waals surface area contributed by atoms with Crippen LogP contribution in [0.3, 0.4) is 0 Å². The van der Waals surface area contributed by atoms with E-state index in [0.717, 1.165) is 5.56 Å². The van der Waals surface area contributed by atoms with Crippen molar-refractivity contribution >= 4 is 34.2 Å². The van der Waals surface area contributed by atoms with Crippen LogP contribution < -0.4 is 10.6 Å². The number of nitriles is 1. The average molecular weight is 314 g/mol. The van der Waals surface area contributed by atoms with Gasteiger partial charge in [0, 0.05) is 5.69 Å². The normalized spacial score (nSPS) is 10.9. The number of furan rings is 1. The number of hydrogen-bond acceptors (Lipinski definition) is 5.